The molecule has 1 aliphatic heterocycles. The van der Waals surface area contributed by atoms with Crippen molar-refractivity contribution in [2.45, 2.75) is 12.5 Å². The lowest BCUT2D eigenvalue weighted by Crippen LogP contribution is -3.14. The van der Waals surface area contributed by atoms with Crippen molar-refractivity contribution in [3.05, 3.63) is 67.5 Å². The van der Waals surface area contributed by atoms with Crippen molar-refractivity contribution in [1.82, 2.24) is 0 Å². The monoisotopic (exact) mass is 419 g/mol. The van der Waals surface area contributed by atoms with Crippen LogP contribution in [-0.2, 0) is 11.2 Å². The number of amides is 1. The highest BCUT2D eigenvalue weighted by atomic mass is 35.5. The summed E-state index contributed by atoms with van der Waals surface area (Å²) in [5.41, 5.74) is 1.96. The van der Waals surface area contributed by atoms with Crippen LogP contribution in [0.2, 0.25) is 5.02 Å². The number of thiophene rings is 2. The molecule has 140 valence electrons. The van der Waals surface area contributed by atoms with Crippen molar-refractivity contribution in [2.75, 3.05) is 25.5 Å². The first-order valence-electron chi connectivity index (χ1n) is 8.73. The van der Waals surface area contributed by atoms with Crippen molar-refractivity contribution < 1.29 is 14.4 Å². The lowest BCUT2D eigenvalue weighted by Gasteiger charge is -2.31. The van der Waals surface area contributed by atoms with Gasteiger partial charge in [-0.05, 0) is 41.1 Å². The number of quaternary nitrogens is 1. The van der Waals surface area contributed by atoms with Gasteiger partial charge in [-0.2, -0.15) is 0 Å². The number of anilines is 1. The number of hydrogen-bond donors (Lipinski definition) is 2. The van der Waals surface area contributed by atoms with Crippen LogP contribution >= 0.6 is 34.3 Å². The maximum atomic E-state index is 12.8. The molecule has 2 atom stereocenters. The number of fused-ring (bicyclic) bond motifs is 1. The fourth-order valence-corrected chi connectivity index (χ4v) is 5.62. The summed E-state index contributed by atoms with van der Waals surface area (Å²) in [4.78, 5) is 16.8. The third-order valence-electron chi connectivity index (χ3n) is 4.82. The predicted molar refractivity (Wildman–Crippen MR) is 112 cm³/mol. The van der Waals surface area contributed by atoms with Crippen molar-refractivity contribution in [3.8, 4) is 5.75 Å². The SMILES string of the molecule is COc1ccc(Cl)cc1NC(=O)C[NH+]1CCc2sccc2[C@@H]1c1cccs1. The Hall–Kier alpha value is -1.86. The first-order chi connectivity index (χ1) is 13.2. The van der Waals surface area contributed by atoms with Gasteiger partial charge in [0.2, 0.25) is 0 Å². The number of rotatable bonds is 5. The molecule has 7 heteroatoms. The van der Waals surface area contributed by atoms with E-state index in [2.05, 4.69) is 34.3 Å². The van der Waals surface area contributed by atoms with E-state index in [4.69, 9.17) is 16.3 Å². The number of benzene rings is 1. The average Bonchev–Trinajstić information content (AvgIpc) is 3.33. The molecule has 0 spiro atoms. The minimum atomic E-state index is -0.0363. The number of carbonyl (C=O) groups is 1. The van der Waals surface area contributed by atoms with Gasteiger partial charge in [-0.15, -0.1) is 22.7 Å². The first-order valence-corrected chi connectivity index (χ1v) is 10.9. The molecular weight excluding hydrogens is 400 g/mol. The summed E-state index contributed by atoms with van der Waals surface area (Å²) in [6.45, 7) is 1.34. The second-order valence-electron chi connectivity index (χ2n) is 6.48. The Morgan fingerprint density at radius 1 is 1.30 bits per heavy atom. The Bertz CT molecular complexity index is 939. The average molecular weight is 420 g/mol. The highest BCUT2D eigenvalue weighted by molar-refractivity contribution is 7.10. The van der Waals surface area contributed by atoms with Gasteiger partial charge in [-0.1, -0.05) is 17.7 Å². The summed E-state index contributed by atoms with van der Waals surface area (Å²) >= 11 is 9.64. The third-order valence-corrected chi connectivity index (χ3v) is 6.99. The van der Waals surface area contributed by atoms with Crippen molar-refractivity contribution >= 4 is 45.9 Å². The topological polar surface area (TPSA) is 42.8 Å². The lowest BCUT2D eigenvalue weighted by molar-refractivity contribution is -0.919. The van der Waals surface area contributed by atoms with Crippen LogP contribution < -0.4 is 15.0 Å². The molecule has 2 aromatic heterocycles. The van der Waals surface area contributed by atoms with Gasteiger partial charge in [0.1, 0.15) is 11.8 Å². The third kappa shape index (κ3) is 3.89. The summed E-state index contributed by atoms with van der Waals surface area (Å²) in [6.07, 6.45) is 1.01. The van der Waals surface area contributed by atoms with E-state index < -0.39 is 0 Å². The minimum Gasteiger partial charge on any atom is -0.495 e. The number of halogens is 1. The van der Waals surface area contributed by atoms with Crippen LogP contribution in [0.3, 0.4) is 0 Å². The lowest BCUT2D eigenvalue weighted by atomic mass is 9.98. The Morgan fingerprint density at radius 2 is 2.19 bits per heavy atom. The van der Waals surface area contributed by atoms with E-state index in [1.165, 1.54) is 20.2 Å². The normalized spacial score (nSPS) is 18.7. The fraction of sp³-hybridized carbons (Fsp3) is 0.250. The summed E-state index contributed by atoms with van der Waals surface area (Å²) in [7, 11) is 1.58. The number of ether oxygens (including phenoxy) is 1. The van der Waals surface area contributed by atoms with E-state index in [0.717, 1.165) is 13.0 Å². The smallest absolute Gasteiger partial charge is 0.279 e. The molecule has 0 radical (unpaired) electrons. The number of hydrogen-bond acceptors (Lipinski definition) is 4. The van der Waals surface area contributed by atoms with Crippen molar-refractivity contribution in [2.24, 2.45) is 0 Å². The fourth-order valence-electron chi connectivity index (χ4n) is 3.63. The van der Waals surface area contributed by atoms with Crippen LogP contribution in [0, 0.1) is 0 Å². The number of nitrogens with one attached hydrogen (secondary N) is 2. The maximum absolute atomic E-state index is 12.8. The predicted octanol–water partition coefficient (Wildman–Crippen LogP) is 3.64. The molecule has 27 heavy (non-hydrogen) atoms. The van der Waals surface area contributed by atoms with Gasteiger partial charge in [-0.3, -0.25) is 4.79 Å². The minimum absolute atomic E-state index is 0.0363. The van der Waals surface area contributed by atoms with E-state index >= 15 is 0 Å². The van der Waals surface area contributed by atoms with Gasteiger partial charge in [-0.25, -0.2) is 0 Å². The first kappa shape index (κ1) is 18.5. The molecule has 0 aliphatic carbocycles. The molecule has 0 saturated heterocycles. The van der Waals surface area contributed by atoms with Gasteiger partial charge in [0, 0.05) is 21.9 Å². The summed E-state index contributed by atoms with van der Waals surface area (Å²) in [5.74, 6) is 0.571. The summed E-state index contributed by atoms with van der Waals surface area (Å²) in [5, 5.41) is 7.80. The van der Waals surface area contributed by atoms with Crippen LogP contribution in [0.5, 0.6) is 5.75 Å². The molecule has 0 fully saturated rings. The van der Waals surface area contributed by atoms with Crippen molar-refractivity contribution in [1.29, 1.82) is 0 Å². The van der Waals surface area contributed by atoms with Gasteiger partial charge in [0.25, 0.3) is 5.91 Å². The van der Waals surface area contributed by atoms with Gasteiger partial charge >= 0.3 is 0 Å². The van der Waals surface area contributed by atoms with Gasteiger partial charge < -0.3 is 15.0 Å². The van der Waals surface area contributed by atoms with Gasteiger partial charge in [0.05, 0.1) is 24.2 Å². The Labute approximate surface area is 171 Å². The molecule has 4 nitrogen and oxygen atoms in total. The molecular formula is C20H20ClN2O2S2+. The van der Waals surface area contributed by atoms with E-state index in [-0.39, 0.29) is 11.9 Å². The van der Waals surface area contributed by atoms with Crippen LogP contribution in [-0.4, -0.2) is 26.1 Å². The molecule has 1 aliphatic rings. The van der Waals surface area contributed by atoms with Crippen molar-refractivity contribution in [3.63, 3.8) is 0 Å². The maximum Gasteiger partial charge on any atom is 0.279 e. The Balaban J connectivity index is 1.55. The van der Waals surface area contributed by atoms with E-state index in [1.807, 2.05) is 11.3 Å². The summed E-state index contributed by atoms with van der Waals surface area (Å²) in [6, 6.07) is 11.9. The largest absolute Gasteiger partial charge is 0.495 e. The quantitative estimate of drug-likeness (QED) is 0.663. The summed E-state index contributed by atoms with van der Waals surface area (Å²) < 4.78 is 5.33. The highest BCUT2D eigenvalue weighted by Gasteiger charge is 2.35. The highest BCUT2D eigenvalue weighted by Crippen LogP contribution is 2.32. The molecule has 0 saturated carbocycles. The van der Waals surface area contributed by atoms with Gasteiger partial charge in [0.15, 0.2) is 6.54 Å². The van der Waals surface area contributed by atoms with Crippen LogP contribution in [0.15, 0.2) is 47.2 Å². The van der Waals surface area contributed by atoms with E-state index in [1.54, 1.807) is 36.6 Å². The molecule has 1 aromatic carbocycles. The zero-order valence-electron chi connectivity index (χ0n) is 14.8. The second-order valence-corrected chi connectivity index (χ2v) is 8.89. The second kappa shape index (κ2) is 8.02. The standard InChI is InChI=1S/C20H19ClN2O2S2/c1-25-16-5-4-13(21)11-15(16)22-19(24)12-23-8-6-17-14(7-10-27-17)20(23)18-3-2-9-26-18/h2-5,7,9-11,20H,6,8,12H2,1H3,(H,22,24)/p+1/t20-/m1/s1. The molecule has 4 rings (SSSR count). The van der Waals surface area contributed by atoms with E-state index in [9.17, 15) is 4.79 Å². The molecule has 2 N–H and O–H groups in total. The Morgan fingerprint density at radius 3 is 2.96 bits per heavy atom. The zero-order valence-corrected chi connectivity index (χ0v) is 17.2. The number of carbonyl (C=O) groups excluding carboxylic acids is 1. The Kier molecular flexibility index (Phi) is 5.50. The molecule has 3 heterocycles. The number of methoxy groups -OCH3 is 1. The van der Waals surface area contributed by atoms with Crippen LogP contribution in [0.1, 0.15) is 21.4 Å². The molecule has 1 unspecified atom stereocenters. The molecule has 3 aromatic rings. The zero-order chi connectivity index (χ0) is 18.8. The van der Waals surface area contributed by atoms with Crippen LogP contribution in [0.25, 0.3) is 0 Å². The molecule has 1 amide bonds. The van der Waals surface area contributed by atoms with E-state index in [0.29, 0.717) is 23.0 Å². The van der Waals surface area contributed by atoms with Crippen LogP contribution in [0.4, 0.5) is 5.69 Å². The molecule has 0 bridgehead atoms.